The summed E-state index contributed by atoms with van der Waals surface area (Å²) in [5, 5.41) is 0. The number of hydrogen-bond acceptors (Lipinski definition) is 2. The first kappa shape index (κ1) is 12.5. The Hall–Kier alpha value is -1.15. The van der Waals surface area contributed by atoms with Crippen LogP contribution in [0, 0.1) is 13.8 Å². The third-order valence-electron chi connectivity index (χ3n) is 1.17. The highest BCUT2D eigenvalue weighted by atomic mass is 16.1. The molecular weight excluding hydrogens is 138 g/mol. The van der Waals surface area contributed by atoms with Crippen LogP contribution in [0.15, 0.2) is 24.3 Å². The average molecular weight is 153 g/mol. The summed E-state index contributed by atoms with van der Waals surface area (Å²) in [6, 6.07) is 8.45. The second-order valence-electron chi connectivity index (χ2n) is 2.16. The van der Waals surface area contributed by atoms with E-state index in [0.29, 0.717) is 0 Å². The normalized spacial score (nSPS) is 7.09. The van der Waals surface area contributed by atoms with Crippen LogP contribution in [0.5, 0.6) is 0 Å². The van der Waals surface area contributed by atoms with Gasteiger partial charge in [-0.15, -0.1) is 0 Å². The third kappa shape index (κ3) is 5.30. The maximum Gasteiger partial charge on any atom is 0.106 e. The summed E-state index contributed by atoms with van der Waals surface area (Å²) in [4.78, 5) is 8.00. The summed E-state index contributed by atoms with van der Waals surface area (Å²) in [7, 11) is 0. The Morgan fingerprint density at radius 2 is 1.45 bits per heavy atom. The summed E-state index contributed by atoms with van der Waals surface area (Å²) in [5.74, 6) is 0. The molecule has 0 amide bonds. The quantitative estimate of drug-likeness (QED) is 0.621. The van der Waals surface area contributed by atoms with Gasteiger partial charge in [0, 0.05) is 0 Å². The van der Waals surface area contributed by atoms with E-state index in [4.69, 9.17) is 4.79 Å². The lowest BCUT2D eigenvalue weighted by Crippen LogP contribution is -1.71. The maximum atomic E-state index is 8.00. The molecule has 0 fully saturated rings. The molecule has 0 aromatic heterocycles. The highest BCUT2D eigenvalue weighted by Gasteiger charge is 1.80. The standard InChI is InChI=1S/C8H10.CH2O.H3N/c1-7-4-3-5-8(2)6-7;1-2;/h3-6H,1-2H3;1H2;1H3. The summed E-state index contributed by atoms with van der Waals surface area (Å²) >= 11 is 0. The average Bonchev–Trinajstić information content (AvgIpc) is 1.91. The topological polar surface area (TPSA) is 52.1 Å². The van der Waals surface area contributed by atoms with Crippen LogP contribution in [0.1, 0.15) is 11.1 Å². The molecule has 1 aromatic rings. The van der Waals surface area contributed by atoms with E-state index < -0.39 is 0 Å². The van der Waals surface area contributed by atoms with Crippen LogP contribution in [0.3, 0.4) is 0 Å². The molecule has 0 unspecified atom stereocenters. The van der Waals surface area contributed by atoms with Gasteiger partial charge in [0.15, 0.2) is 0 Å². The first-order valence-electron chi connectivity index (χ1n) is 3.11. The van der Waals surface area contributed by atoms with Crippen LogP contribution in [0.25, 0.3) is 0 Å². The van der Waals surface area contributed by atoms with Crippen molar-refractivity contribution in [1.82, 2.24) is 6.15 Å². The zero-order chi connectivity index (χ0) is 7.98. The van der Waals surface area contributed by atoms with Crippen molar-refractivity contribution in [3.05, 3.63) is 35.4 Å². The molecule has 1 aromatic carbocycles. The Morgan fingerprint density at radius 1 is 1.09 bits per heavy atom. The van der Waals surface area contributed by atoms with Crippen molar-refractivity contribution in [3.8, 4) is 0 Å². The minimum Gasteiger partial charge on any atom is -0.344 e. The molecule has 2 nitrogen and oxygen atoms in total. The molecule has 0 aliphatic rings. The van der Waals surface area contributed by atoms with Gasteiger partial charge in [0.25, 0.3) is 0 Å². The van der Waals surface area contributed by atoms with E-state index >= 15 is 0 Å². The summed E-state index contributed by atoms with van der Waals surface area (Å²) in [6.45, 7) is 6.21. The molecule has 0 saturated carbocycles. The van der Waals surface area contributed by atoms with Gasteiger partial charge in [-0.05, 0) is 13.8 Å². The maximum absolute atomic E-state index is 8.00. The zero-order valence-corrected chi connectivity index (χ0v) is 7.13. The largest absolute Gasteiger partial charge is 0.344 e. The Kier molecular flexibility index (Phi) is 7.92. The smallest absolute Gasteiger partial charge is 0.106 e. The molecule has 0 atom stereocenters. The molecule has 0 aliphatic heterocycles. The molecule has 0 radical (unpaired) electrons. The van der Waals surface area contributed by atoms with Crippen LogP contribution in [-0.2, 0) is 4.79 Å². The van der Waals surface area contributed by atoms with Crippen molar-refractivity contribution < 1.29 is 4.79 Å². The SMILES string of the molecule is C=O.Cc1cccc(C)c1.N. The lowest BCUT2D eigenvalue weighted by atomic mass is 10.2. The summed E-state index contributed by atoms with van der Waals surface area (Å²) in [6.07, 6.45) is 0. The Bertz CT molecular complexity index is 181. The highest BCUT2D eigenvalue weighted by molar-refractivity contribution is 5.20. The molecule has 0 spiro atoms. The first-order chi connectivity index (χ1) is 4.79. The van der Waals surface area contributed by atoms with Gasteiger partial charge in [0.2, 0.25) is 0 Å². The predicted molar refractivity (Wildman–Crippen MR) is 48.1 cm³/mol. The monoisotopic (exact) mass is 153 g/mol. The number of benzene rings is 1. The van der Waals surface area contributed by atoms with Crippen LogP contribution < -0.4 is 6.15 Å². The van der Waals surface area contributed by atoms with E-state index in [1.54, 1.807) is 0 Å². The minimum absolute atomic E-state index is 0. The second kappa shape index (κ2) is 6.96. The van der Waals surface area contributed by atoms with Crippen molar-refractivity contribution >= 4 is 6.79 Å². The number of carbonyl (C=O) groups excluding carboxylic acids is 1. The molecule has 11 heavy (non-hydrogen) atoms. The fourth-order valence-electron chi connectivity index (χ4n) is 0.807. The Labute approximate surface area is 67.8 Å². The molecule has 0 saturated heterocycles. The molecule has 0 heterocycles. The van der Waals surface area contributed by atoms with Gasteiger partial charge >= 0.3 is 0 Å². The molecule has 0 aliphatic carbocycles. The lowest BCUT2D eigenvalue weighted by molar-refractivity contribution is -0.0979. The van der Waals surface area contributed by atoms with Crippen LogP contribution in [-0.4, -0.2) is 6.79 Å². The van der Waals surface area contributed by atoms with Gasteiger partial charge in [0.1, 0.15) is 6.79 Å². The summed E-state index contributed by atoms with van der Waals surface area (Å²) < 4.78 is 0. The van der Waals surface area contributed by atoms with Crippen molar-refractivity contribution in [3.63, 3.8) is 0 Å². The molecule has 62 valence electrons. The minimum atomic E-state index is 0. The predicted octanol–water partition coefficient (Wildman–Crippen LogP) is 2.28. The van der Waals surface area contributed by atoms with Crippen molar-refractivity contribution in [2.24, 2.45) is 0 Å². The van der Waals surface area contributed by atoms with Crippen molar-refractivity contribution in [1.29, 1.82) is 0 Å². The number of carbonyl (C=O) groups is 1. The van der Waals surface area contributed by atoms with Crippen molar-refractivity contribution in [2.75, 3.05) is 0 Å². The zero-order valence-electron chi connectivity index (χ0n) is 7.13. The number of rotatable bonds is 0. The van der Waals surface area contributed by atoms with E-state index in [0.717, 1.165) is 0 Å². The molecular formula is C9H15NO. The fraction of sp³-hybridized carbons (Fsp3) is 0.222. The van der Waals surface area contributed by atoms with E-state index in [2.05, 4.69) is 38.1 Å². The molecule has 2 heteroatoms. The molecule has 3 N–H and O–H groups in total. The number of hydrogen-bond donors (Lipinski definition) is 1. The number of aryl methyl sites for hydroxylation is 2. The van der Waals surface area contributed by atoms with Crippen LogP contribution >= 0.6 is 0 Å². The van der Waals surface area contributed by atoms with Gasteiger partial charge < -0.3 is 10.9 Å². The second-order valence-corrected chi connectivity index (χ2v) is 2.16. The van der Waals surface area contributed by atoms with Gasteiger partial charge in [0.05, 0.1) is 0 Å². The van der Waals surface area contributed by atoms with Crippen molar-refractivity contribution in [2.45, 2.75) is 13.8 Å². The first-order valence-corrected chi connectivity index (χ1v) is 3.11. The Balaban J connectivity index is 0. The highest BCUT2D eigenvalue weighted by Crippen LogP contribution is 2.00. The van der Waals surface area contributed by atoms with E-state index in [9.17, 15) is 0 Å². The van der Waals surface area contributed by atoms with E-state index in [1.807, 2.05) is 6.79 Å². The van der Waals surface area contributed by atoms with Gasteiger partial charge in [-0.2, -0.15) is 0 Å². The van der Waals surface area contributed by atoms with Crippen LogP contribution in [0.4, 0.5) is 0 Å². The Morgan fingerprint density at radius 3 is 1.64 bits per heavy atom. The molecule has 1 rings (SSSR count). The van der Waals surface area contributed by atoms with Crippen LogP contribution in [0.2, 0.25) is 0 Å². The van der Waals surface area contributed by atoms with Gasteiger partial charge in [-0.3, -0.25) is 0 Å². The lowest BCUT2D eigenvalue weighted by Gasteiger charge is -1.90. The van der Waals surface area contributed by atoms with E-state index in [1.165, 1.54) is 11.1 Å². The van der Waals surface area contributed by atoms with Gasteiger partial charge in [-0.1, -0.05) is 35.4 Å². The fourth-order valence-corrected chi connectivity index (χ4v) is 0.807. The summed E-state index contributed by atoms with van der Waals surface area (Å²) in [5.41, 5.74) is 2.68. The van der Waals surface area contributed by atoms with E-state index in [-0.39, 0.29) is 6.15 Å². The third-order valence-corrected chi connectivity index (χ3v) is 1.17. The van der Waals surface area contributed by atoms with Gasteiger partial charge in [-0.25, -0.2) is 0 Å². The molecule has 0 bridgehead atoms.